The summed E-state index contributed by atoms with van der Waals surface area (Å²) in [5.41, 5.74) is 12.4. The van der Waals surface area contributed by atoms with Crippen molar-refractivity contribution in [3.8, 4) is 0 Å². The molecule has 0 aliphatic heterocycles. The van der Waals surface area contributed by atoms with Crippen LogP contribution in [0.15, 0.2) is 0 Å². The van der Waals surface area contributed by atoms with Crippen molar-refractivity contribution < 1.29 is 59.1 Å². The van der Waals surface area contributed by atoms with E-state index in [9.17, 15) is 0 Å². The topological polar surface area (TPSA) is 47.6 Å². The van der Waals surface area contributed by atoms with Gasteiger partial charge in [0.15, 0.2) is 0 Å². The Morgan fingerprint density at radius 3 is 0.875 bits per heavy atom. The van der Waals surface area contributed by atoms with Crippen molar-refractivity contribution in [2.45, 2.75) is 13.8 Å². The molecule has 0 aliphatic carbocycles. The molecular weight excluding hydrogens is 122 g/mol. The van der Waals surface area contributed by atoms with Crippen molar-refractivity contribution in [3.05, 3.63) is 11.5 Å². The van der Waals surface area contributed by atoms with Crippen LogP contribution in [0.2, 0.25) is 0 Å². The summed E-state index contributed by atoms with van der Waals surface area (Å²) in [4.78, 5) is 0. The molecule has 0 saturated heterocycles. The van der Waals surface area contributed by atoms with Crippen molar-refractivity contribution >= 4 is 0 Å². The number of hydrogen-bond acceptors (Lipinski definition) is 0. The number of hydrogen-bond donors (Lipinski definition) is 0. The minimum Gasteiger partial charge on any atom is -0.678 e. The van der Waals surface area contributed by atoms with Gasteiger partial charge in [0.05, 0.1) is 0 Å². The minimum absolute atomic E-state index is 0. The first-order valence-electron chi connectivity index (χ1n) is 2.12. The zero-order chi connectivity index (χ0) is 5.41. The van der Waals surface area contributed by atoms with Gasteiger partial charge in [0.2, 0.25) is 0 Å². The van der Waals surface area contributed by atoms with Gasteiger partial charge >= 0.3 is 59.1 Å². The van der Waals surface area contributed by atoms with Gasteiger partial charge in [-0.3, -0.25) is 0 Å². The van der Waals surface area contributed by atoms with Crippen molar-refractivity contribution in [1.82, 2.24) is 0 Å². The van der Waals surface area contributed by atoms with E-state index < -0.39 is 0 Å². The van der Waals surface area contributed by atoms with Crippen molar-refractivity contribution in [3.63, 3.8) is 0 Å². The van der Waals surface area contributed by atoms with Crippen LogP contribution in [0.25, 0.3) is 11.5 Å². The van der Waals surface area contributed by atoms with Gasteiger partial charge in [-0.05, 0) is 0 Å². The van der Waals surface area contributed by atoms with Gasteiger partial charge in [0.25, 0.3) is 0 Å². The Bertz CT molecular complexity index is 14.0. The van der Waals surface area contributed by atoms with Crippen molar-refractivity contribution in [2.75, 3.05) is 13.1 Å². The molecule has 2 nitrogen and oxygen atoms in total. The Kier molecular flexibility index (Phi) is 103. The van der Waals surface area contributed by atoms with Gasteiger partial charge in [-0.15, -0.1) is 0 Å². The number of rotatable bonds is 0. The van der Waals surface area contributed by atoms with Crippen LogP contribution in [0.1, 0.15) is 13.8 Å². The zero-order valence-electron chi connectivity index (χ0n) is 6.41. The molecule has 0 saturated carbocycles. The van der Waals surface area contributed by atoms with Crippen molar-refractivity contribution in [1.29, 1.82) is 0 Å². The average Bonchev–Trinajstić information content (AvgIpc) is 1.39. The van der Waals surface area contributed by atoms with Gasteiger partial charge < -0.3 is 11.5 Å². The van der Waals surface area contributed by atoms with E-state index in [2.05, 4.69) is 0 Å². The van der Waals surface area contributed by atoms with Crippen LogP contribution in [-0.4, -0.2) is 13.1 Å². The quantitative estimate of drug-likeness (QED) is 0.304. The smallest absolute Gasteiger partial charge is 0.678 e. The summed E-state index contributed by atoms with van der Waals surface area (Å²) in [5.74, 6) is 0. The molecular formula is C4H12N2Na2. The molecule has 0 heterocycles. The van der Waals surface area contributed by atoms with E-state index in [1.54, 1.807) is 13.8 Å². The van der Waals surface area contributed by atoms with Crippen LogP contribution in [0.4, 0.5) is 0 Å². The molecule has 0 amide bonds. The molecule has 0 bridgehead atoms. The van der Waals surface area contributed by atoms with Crippen LogP contribution in [-0.2, 0) is 0 Å². The Balaban J connectivity index is -0.0000000160. The third-order valence-corrected chi connectivity index (χ3v) is 0. The fourth-order valence-corrected chi connectivity index (χ4v) is 0. The van der Waals surface area contributed by atoms with Crippen LogP contribution < -0.4 is 59.1 Å². The predicted octanol–water partition coefficient (Wildman–Crippen LogP) is -3.87. The molecule has 40 valence electrons. The van der Waals surface area contributed by atoms with Gasteiger partial charge in [-0.25, -0.2) is 0 Å². The maximum absolute atomic E-state index is 6.21. The first kappa shape index (κ1) is 22.5. The van der Waals surface area contributed by atoms with E-state index in [1.165, 1.54) is 0 Å². The van der Waals surface area contributed by atoms with Crippen LogP contribution >= 0.6 is 0 Å². The molecule has 0 spiro atoms. The summed E-state index contributed by atoms with van der Waals surface area (Å²) in [6.07, 6.45) is 0. The van der Waals surface area contributed by atoms with E-state index in [4.69, 9.17) is 11.5 Å². The molecule has 8 heavy (non-hydrogen) atoms. The molecule has 0 radical (unpaired) electrons. The first-order chi connectivity index (χ1) is 2.83. The SMILES string of the molecule is CC[NH-].CC[NH-].[Na+].[Na+]. The second-order valence-electron chi connectivity index (χ2n) is 0.707. The molecule has 0 aliphatic rings. The molecule has 2 N–H and O–H groups in total. The first-order valence-corrected chi connectivity index (χ1v) is 2.12. The van der Waals surface area contributed by atoms with Crippen LogP contribution in [0.5, 0.6) is 0 Å². The zero-order valence-corrected chi connectivity index (χ0v) is 10.4. The van der Waals surface area contributed by atoms with Crippen molar-refractivity contribution in [2.24, 2.45) is 0 Å². The fraction of sp³-hybridized carbons (Fsp3) is 1.00. The van der Waals surface area contributed by atoms with E-state index in [0.29, 0.717) is 13.1 Å². The largest absolute Gasteiger partial charge is 1.00 e. The molecule has 0 unspecified atom stereocenters. The average molecular weight is 134 g/mol. The van der Waals surface area contributed by atoms with Gasteiger partial charge in [0.1, 0.15) is 0 Å². The summed E-state index contributed by atoms with van der Waals surface area (Å²) in [5, 5.41) is 0. The van der Waals surface area contributed by atoms with Gasteiger partial charge in [-0.2, -0.15) is 13.1 Å². The Morgan fingerprint density at radius 1 is 0.875 bits per heavy atom. The minimum atomic E-state index is 0. The second-order valence-corrected chi connectivity index (χ2v) is 0.707. The molecule has 0 atom stereocenters. The molecule has 0 aromatic carbocycles. The standard InChI is InChI=1S/2C2H6N.2Na/c2*1-2-3;;/h2*3H,2H2,1H3;;/q2*-1;2*+1. The van der Waals surface area contributed by atoms with E-state index >= 15 is 0 Å². The predicted molar refractivity (Wildman–Crippen MR) is 29.7 cm³/mol. The molecule has 0 fully saturated rings. The van der Waals surface area contributed by atoms with Crippen LogP contribution in [0.3, 0.4) is 0 Å². The Morgan fingerprint density at radius 2 is 0.875 bits per heavy atom. The molecule has 4 heteroatoms. The molecule has 0 rings (SSSR count). The summed E-state index contributed by atoms with van der Waals surface area (Å²) in [6, 6.07) is 0. The van der Waals surface area contributed by atoms with Gasteiger partial charge in [-0.1, -0.05) is 13.8 Å². The summed E-state index contributed by atoms with van der Waals surface area (Å²) in [6.45, 7) is 4.58. The normalized spacial score (nSPS) is 4.50. The summed E-state index contributed by atoms with van der Waals surface area (Å²) < 4.78 is 0. The second kappa shape index (κ2) is 36.4. The third kappa shape index (κ3) is 103. The maximum Gasteiger partial charge on any atom is 1.00 e. The van der Waals surface area contributed by atoms with Gasteiger partial charge in [0, 0.05) is 0 Å². The van der Waals surface area contributed by atoms with E-state index in [1.807, 2.05) is 0 Å². The molecule has 0 aromatic heterocycles. The molecule has 0 aromatic rings. The van der Waals surface area contributed by atoms with E-state index in [-0.39, 0.29) is 59.1 Å². The Labute approximate surface area is 96.3 Å². The van der Waals surface area contributed by atoms with E-state index in [0.717, 1.165) is 0 Å². The fourth-order valence-electron chi connectivity index (χ4n) is 0. The third-order valence-electron chi connectivity index (χ3n) is 0. The van der Waals surface area contributed by atoms with Crippen LogP contribution in [0, 0.1) is 0 Å². The maximum atomic E-state index is 6.21. The summed E-state index contributed by atoms with van der Waals surface area (Å²) in [7, 11) is 0. The Hall–Kier alpha value is 1.92. The summed E-state index contributed by atoms with van der Waals surface area (Å²) >= 11 is 0. The number of nitrogens with one attached hydrogen (secondary N) is 2. The monoisotopic (exact) mass is 134 g/mol.